The van der Waals surface area contributed by atoms with Crippen molar-refractivity contribution in [2.75, 3.05) is 18.5 Å². The van der Waals surface area contributed by atoms with Crippen LogP contribution >= 0.6 is 0 Å². The summed E-state index contributed by atoms with van der Waals surface area (Å²) in [5.74, 6) is 0.546. The number of anilines is 1. The molecule has 0 bridgehead atoms. The number of nitrogens with zero attached hydrogens (tertiary/aromatic N) is 3. The number of aryl methyl sites for hydroxylation is 2. The zero-order chi connectivity index (χ0) is 33.5. The summed E-state index contributed by atoms with van der Waals surface area (Å²) in [5, 5.41) is 16.8. The normalized spacial score (nSPS) is 10.9. The highest BCUT2D eigenvalue weighted by molar-refractivity contribution is 5.96. The van der Waals surface area contributed by atoms with Crippen molar-refractivity contribution in [3.8, 4) is 34.0 Å². The van der Waals surface area contributed by atoms with Crippen LogP contribution in [0.25, 0.3) is 34.0 Å². The van der Waals surface area contributed by atoms with E-state index in [4.69, 9.17) is 4.52 Å². The largest absolute Gasteiger partial charge is 0.395 e. The van der Waals surface area contributed by atoms with Crippen LogP contribution in [0.3, 0.4) is 0 Å². The average molecular weight is 637 g/mol. The summed E-state index contributed by atoms with van der Waals surface area (Å²) in [5.41, 5.74) is 9.11. The molecule has 2 N–H and O–H groups in total. The third-order valence-corrected chi connectivity index (χ3v) is 8.09. The standard InChI is InChI=1S/C40H36N4O4/c1-27-3-7-29(8-4-27)25-37(46)41-36-21-19-35(20-22-36)40(47)44(23-24-45)26-30-9-13-33(14-10-30)38-42-39(48-43-38)34-17-15-32(16-18-34)31-11-5-28(2)6-12-31/h3-22,45H,23-26H2,1-2H3,(H,41,46). The van der Waals surface area contributed by atoms with Crippen LogP contribution in [0.2, 0.25) is 0 Å². The number of hydrogen-bond acceptors (Lipinski definition) is 6. The third-order valence-electron chi connectivity index (χ3n) is 8.09. The molecule has 0 saturated heterocycles. The maximum Gasteiger partial charge on any atom is 0.258 e. The van der Waals surface area contributed by atoms with E-state index in [0.717, 1.165) is 38.9 Å². The Hall–Kier alpha value is -5.86. The van der Waals surface area contributed by atoms with E-state index in [2.05, 4.69) is 46.6 Å². The van der Waals surface area contributed by atoms with Crippen LogP contribution in [0.15, 0.2) is 126 Å². The fourth-order valence-corrected chi connectivity index (χ4v) is 5.34. The summed E-state index contributed by atoms with van der Waals surface area (Å²) in [6.45, 7) is 4.38. The minimum Gasteiger partial charge on any atom is -0.395 e. The summed E-state index contributed by atoms with van der Waals surface area (Å²) < 4.78 is 5.57. The van der Waals surface area contributed by atoms with E-state index < -0.39 is 0 Å². The van der Waals surface area contributed by atoms with Gasteiger partial charge in [0.05, 0.1) is 13.0 Å². The quantitative estimate of drug-likeness (QED) is 0.152. The van der Waals surface area contributed by atoms with Gasteiger partial charge in [0, 0.05) is 35.5 Å². The van der Waals surface area contributed by atoms with Crippen molar-refractivity contribution in [3.05, 3.63) is 149 Å². The molecule has 240 valence electrons. The van der Waals surface area contributed by atoms with Crippen molar-refractivity contribution in [2.24, 2.45) is 0 Å². The van der Waals surface area contributed by atoms with Gasteiger partial charge in [-0.3, -0.25) is 9.59 Å². The molecule has 6 rings (SSSR count). The second kappa shape index (κ2) is 14.7. The molecule has 0 aliphatic heterocycles. The van der Waals surface area contributed by atoms with Gasteiger partial charge in [-0.25, -0.2) is 0 Å². The van der Waals surface area contributed by atoms with Crippen LogP contribution < -0.4 is 5.32 Å². The van der Waals surface area contributed by atoms with Gasteiger partial charge in [0.1, 0.15) is 0 Å². The highest BCUT2D eigenvalue weighted by Gasteiger charge is 2.17. The average Bonchev–Trinajstić information content (AvgIpc) is 3.60. The Bertz CT molecular complexity index is 1980. The number of aromatic nitrogens is 2. The van der Waals surface area contributed by atoms with E-state index in [1.807, 2.05) is 79.7 Å². The second-order valence-corrected chi connectivity index (χ2v) is 11.8. The minimum atomic E-state index is -0.220. The number of hydrogen-bond donors (Lipinski definition) is 2. The van der Waals surface area contributed by atoms with Gasteiger partial charge in [-0.1, -0.05) is 101 Å². The Morgan fingerprint density at radius 2 is 1.23 bits per heavy atom. The molecule has 0 unspecified atom stereocenters. The van der Waals surface area contributed by atoms with Gasteiger partial charge < -0.3 is 19.8 Å². The van der Waals surface area contributed by atoms with Crippen LogP contribution in [0, 0.1) is 13.8 Å². The molecule has 8 nitrogen and oxygen atoms in total. The predicted octanol–water partition coefficient (Wildman–Crippen LogP) is 7.50. The van der Waals surface area contributed by atoms with E-state index in [9.17, 15) is 14.7 Å². The molecule has 2 amide bonds. The molecule has 5 aromatic carbocycles. The number of aliphatic hydroxyl groups is 1. The number of amides is 2. The highest BCUT2D eigenvalue weighted by Crippen LogP contribution is 2.26. The third kappa shape index (κ3) is 7.92. The molecule has 8 heteroatoms. The summed E-state index contributed by atoms with van der Waals surface area (Å²) in [7, 11) is 0. The molecule has 0 spiro atoms. The van der Waals surface area contributed by atoms with Crippen molar-refractivity contribution in [1.29, 1.82) is 0 Å². The number of aliphatic hydroxyl groups excluding tert-OH is 1. The Kier molecular flexibility index (Phi) is 9.83. The maximum atomic E-state index is 13.4. The lowest BCUT2D eigenvalue weighted by atomic mass is 10.0. The summed E-state index contributed by atoms with van der Waals surface area (Å²) in [4.78, 5) is 32.1. The summed E-state index contributed by atoms with van der Waals surface area (Å²) in [6.07, 6.45) is 0.265. The summed E-state index contributed by atoms with van der Waals surface area (Å²) >= 11 is 0. The number of benzene rings is 5. The van der Waals surface area contributed by atoms with E-state index in [1.54, 1.807) is 29.2 Å². The van der Waals surface area contributed by atoms with Crippen molar-refractivity contribution in [2.45, 2.75) is 26.8 Å². The first-order valence-corrected chi connectivity index (χ1v) is 15.8. The lowest BCUT2D eigenvalue weighted by Crippen LogP contribution is -2.33. The number of nitrogens with one attached hydrogen (secondary N) is 1. The molecular weight excluding hydrogens is 600 g/mol. The zero-order valence-corrected chi connectivity index (χ0v) is 26.9. The van der Waals surface area contributed by atoms with Crippen LogP contribution in [0.4, 0.5) is 5.69 Å². The van der Waals surface area contributed by atoms with Crippen molar-refractivity contribution in [3.63, 3.8) is 0 Å². The number of rotatable bonds is 11. The Morgan fingerprint density at radius 1 is 0.688 bits per heavy atom. The lowest BCUT2D eigenvalue weighted by Gasteiger charge is -2.22. The van der Waals surface area contributed by atoms with E-state index in [0.29, 0.717) is 29.5 Å². The first-order chi connectivity index (χ1) is 23.3. The maximum absolute atomic E-state index is 13.4. The van der Waals surface area contributed by atoms with Gasteiger partial charge in [0.2, 0.25) is 11.7 Å². The van der Waals surface area contributed by atoms with Crippen molar-refractivity contribution >= 4 is 17.5 Å². The van der Waals surface area contributed by atoms with Gasteiger partial charge >= 0.3 is 0 Å². The molecule has 6 aromatic rings. The molecule has 0 radical (unpaired) electrons. The second-order valence-electron chi connectivity index (χ2n) is 11.8. The van der Waals surface area contributed by atoms with E-state index in [1.165, 1.54) is 5.56 Å². The fourth-order valence-electron chi connectivity index (χ4n) is 5.34. The minimum absolute atomic E-state index is 0.132. The van der Waals surface area contributed by atoms with Crippen LogP contribution in [-0.2, 0) is 17.8 Å². The Balaban J connectivity index is 1.07. The van der Waals surface area contributed by atoms with Gasteiger partial charge in [0.15, 0.2) is 0 Å². The van der Waals surface area contributed by atoms with Crippen LogP contribution in [0.1, 0.15) is 32.6 Å². The van der Waals surface area contributed by atoms with Gasteiger partial charge in [-0.2, -0.15) is 4.98 Å². The molecule has 0 aliphatic rings. The monoisotopic (exact) mass is 636 g/mol. The fraction of sp³-hybridized carbons (Fsp3) is 0.150. The molecule has 0 saturated carbocycles. The summed E-state index contributed by atoms with van der Waals surface area (Å²) in [6, 6.07) is 38.6. The van der Waals surface area contributed by atoms with Crippen molar-refractivity contribution in [1.82, 2.24) is 15.0 Å². The van der Waals surface area contributed by atoms with Gasteiger partial charge in [-0.15, -0.1) is 0 Å². The zero-order valence-electron chi connectivity index (χ0n) is 26.9. The first kappa shape index (κ1) is 32.1. The van der Waals surface area contributed by atoms with Gasteiger partial charge in [-0.05, 0) is 72.5 Å². The number of carbonyl (C=O) groups is 2. The molecule has 1 heterocycles. The molecule has 1 aromatic heterocycles. The highest BCUT2D eigenvalue weighted by atomic mass is 16.5. The molecular formula is C40H36N4O4. The van der Waals surface area contributed by atoms with Crippen LogP contribution in [0.5, 0.6) is 0 Å². The Morgan fingerprint density at radius 3 is 1.85 bits per heavy atom. The number of carbonyl (C=O) groups excluding carboxylic acids is 2. The SMILES string of the molecule is Cc1ccc(CC(=O)Nc2ccc(C(=O)N(CCO)Cc3ccc(-c4noc(-c5ccc(-c6ccc(C)cc6)cc5)n4)cc3)cc2)cc1. The Labute approximate surface area is 279 Å². The smallest absolute Gasteiger partial charge is 0.258 e. The molecule has 48 heavy (non-hydrogen) atoms. The van der Waals surface area contributed by atoms with Crippen molar-refractivity contribution < 1.29 is 19.2 Å². The van der Waals surface area contributed by atoms with Gasteiger partial charge in [0.25, 0.3) is 11.8 Å². The predicted molar refractivity (Wildman–Crippen MR) is 187 cm³/mol. The lowest BCUT2D eigenvalue weighted by molar-refractivity contribution is -0.115. The van der Waals surface area contributed by atoms with E-state index in [-0.39, 0.29) is 31.4 Å². The topological polar surface area (TPSA) is 109 Å². The first-order valence-electron chi connectivity index (χ1n) is 15.8. The molecule has 0 fully saturated rings. The molecule has 0 aliphatic carbocycles. The van der Waals surface area contributed by atoms with Crippen LogP contribution in [-0.4, -0.2) is 45.1 Å². The van der Waals surface area contributed by atoms with E-state index >= 15 is 0 Å². The molecule has 0 atom stereocenters.